The number of imide groups is 1. The molecule has 158 valence electrons. The predicted octanol–water partition coefficient (Wildman–Crippen LogP) is 3.25. The van der Waals surface area contributed by atoms with E-state index in [1.165, 1.54) is 17.8 Å². The lowest BCUT2D eigenvalue weighted by molar-refractivity contribution is -0.116. The van der Waals surface area contributed by atoms with Crippen molar-refractivity contribution in [3.8, 4) is 0 Å². The maximum Gasteiger partial charge on any atom is 0.261 e. The molecular formula is C22H26N4O3S. The summed E-state index contributed by atoms with van der Waals surface area (Å²) in [6.07, 6.45) is 1.31. The van der Waals surface area contributed by atoms with Gasteiger partial charge in [0.25, 0.3) is 11.8 Å². The Hall–Kier alpha value is -2.58. The first-order chi connectivity index (χ1) is 14.4. The molecule has 0 bridgehead atoms. The molecule has 0 saturated carbocycles. The predicted molar refractivity (Wildman–Crippen MR) is 115 cm³/mol. The van der Waals surface area contributed by atoms with Gasteiger partial charge in [0.2, 0.25) is 5.91 Å². The molecule has 0 unspecified atom stereocenters. The molecule has 2 atom stereocenters. The number of amides is 3. The standard InChI is InChI=1S/C22H26N4O3S/c1-14-9-15(2)11-25(10-14)12-16-13-30-22(23-16)24-19(27)7-8-26-20(28)17-5-3-4-6-18(17)21(26)29/h3-6,13-15H,7-12H2,1-2H3,(H,23,24,27)/t14-,15+. The number of benzene rings is 1. The quantitative estimate of drug-likeness (QED) is 0.717. The molecule has 2 aliphatic rings. The number of thiazole rings is 1. The Morgan fingerprint density at radius 1 is 1.13 bits per heavy atom. The van der Waals surface area contributed by atoms with E-state index in [4.69, 9.17) is 0 Å². The van der Waals surface area contributed by atoms with Gasteiger partial charge in [-0.1, -0.05) is 26.0 Å². The van der Waals surface area contributed by atoms with E-state index in [0.29, 0.717) is 28.1 Å². The van der Waals surface area contributed by atoms with Crippen molar-refractivity contribution >= 4 is 34.2 Å². The first-order valence-electron chi connectivity index (χ1n) is 10.3. The van der Waals surface area contributed by atoms with Crippen molar-refractivity contribution in [3.63, 3.8) is 0 Å². The molecule has 4 rings (SSSR count). The Kier molecular flexibility index (Phi) is 5.97. The van der Waals surface area contributed by atoms with Crippen LogP contribution in [0.1, 0.15) is 53.1 Å². The van der Waals surface area contributed by atoms with E-state index >= 15 is 0 Å². The van der Waals surface area contributed by atoms with Crippen LogP contribution >= 0.6 is 11.3 Å². The summed E-state index contributed by atoms with van der Waals surface area (Å²) in [4.78, 5) is 45.2. The number of likely N-dealkylation sites (tertiary alicyclic amines) is 1. The topological polar surface area (TPSA) is 82.6 Å². The molecule has 1 N–H and O–H groups in total. The minimum atomic E-state index is -0.343. The number of aromatic nitrogens is 1. The van der Waals surface area contributed by atoms with Crippen molar-refractivity contribution in [1.82, 2.24) is 14.8 Å². The lowest BCUT2D eigenvalue weighted by Gasteiger charge is -2.34. The monoisotopic (exact) mass is 426 g/mol. The second-order valence-electron chi connectivity index (χ2n) is 8.39. The van der Waals surface area contributed by atoms with Crippen molar-refractivity contribution in [2.75, 3.05) is 25.0 Å². The maximum atomic E-state index is 12.4. The molecule has 0 radical (unpaired) electrons. The molecular weight excluding hydrogens is 400 g/mol. The van der Waals surface area contributed by atoms with Crippen molar-refractivity contribution in [2.24, 2.45) is 11.8 Å². The number of anilines is 1. The van der Waals surface area contributed by atoms with Gasteiger partial charge in [0.05, 0.1) is 16.8 Å². The molecule has 2 aromatic rings. The number of nitrogens with zero attached hydrogens (tertiary/aromatic N) is 3. The smallest absolute Gasteiger partial charge is 0.261 e. The Bertz CT molecular complexity index is 928. The molecule has 0 spiro atoms. The minimum absolute atomic E-state index is 0.0432. The van der Waals surface area contributed by atoms with E-state index in [1.807, 2.05) is 5.38 Å². The molecule has 1 aromatic carbocycles. The SMILES string of the molecule is C[C@@H]1C[C@H](C)CN(Cc2csc(NC(=O)CCN3C(=O)c4ccccc4C3=O)n2)C1. The lowest BCUT2D eigenvalue weighted by atomic mass is 9.92. The fourth-order valence-electron chi connectivity index (χ4n) is 4.42. The molecule has 1 aromatic heterocycles. The van der Waals surface area contributed by atoms with E-state index < -0.39 is 0 Å². The molecule has 3 amide bonds. The fraction of sp³-hybridized carbons (Fsp3) is 0.455. The maximum absolute atomic E-state index is 12.4. The summed E-state index contributed by atoms with van der Waals surface area (Å²) in [5.41, 5.74) is 1.75. The van der Waals surface area contributed by atoms with Gasteiger partial charge in [-0.2, -0.15) is 0 Å². The van der Waals surface area contributed by atoms with E-state index in [9.17, 15) is 14.4 Å². The van der Waals surface area contributed by atoms with Crippen molar-refractivity contribution in [1.29, 1.82) is 0 Å². The third kappa shape index (κ3) is 4.44. The normalized spacial score (nSPS) is 21.7. The number of carbonyl (C=O) groups excluding carboxylic acids is 3. The van der Waals surface area contributed by atoms with Gasteiger partial charge in [-0.3, -0.25) is 24.2 Å². The van der Waals surface area contributed by atoms with E-state index in [0.717, 1.165) is 30.2 Å². The van der Waals surface area contributed by atoms with Gasteiger partial charge >= 0.3 is 0 Å². The van der Waals surface area contributed by atoms with Crippen LogP contribution in [0, 0.1) is 11.8 Å². The van der Waals surface area contributed by atoms with Crippen molar-refractivity contribution in [2.45, 2.75) is 33.2 Å². The largest absolute Gasteiger partial charge is 0.302 e. The number of hydrogen-bond acceptors (Lipinski definition) is 6. The third-order valence-corrected chi connectivity index (χ3v) is 6.38. The second kappa shape index (κ2) is 8.65. The molecule has 30 heavy (non-hydrogen) atoms. The zero-order valence-corrected chi connectivity index (χ0v) is 18.1. The second-order valence-corrected chi connectivity index (χ2v) is 9.25. The molecule has 0 aliphatic carbocycles. The Morgan fingerprint density at radius 3 is 2.40 bits per heavy atom. The molecule has 8 heteroatoms. The number of piperidine rings is 1. The number of fused-ring (bicyclic) bond motifs is 1. The van der Waals surface area contributed by atoms with Crippen LogP contribution in [0.25, 0.3) is 0 Å². The number of nitrogens with one attached hydrogen (secondary N) is 1. The average molecular weight is 427 g/mol. The number of rotatable bonds is 6. The fourth-order valence-corrected chi connectivity index (χ4v) is 5.14. The van der Waals surface area contributed by atoms with Crippen LogP contribution in [0.15, 0.2) is 29.6 Å². The third-order valence-electron chi connectivity index (χ3n) is 5.57. The molecule has 1 saturated heterocycles. The van der Waals surface area contributed by atoms with Gasteiger partial charge in [-0.05, 0) is 30.4 Å². The van der Waals surface area contributed by atoms with Gasteiger partial charge < -0.3 is 5.32 Å². The van der Waals surface area contributed by atoms with E-state index in [2.05, 4.69) is 29.0 Å². The number of carbonyl (C=O) groups is 3. The highest BCUT2D eigenvalue weighted by Gasteiger charge is 2.35. The highest BCUT2D eigenvalue weighted by atomic mass is 32.1. The Morgan fingerprint density at radius 2 is 1.77 bits per heavy atom. The van der Waals surface area contributed by atoms with Crippen LogP contribution in [0.5, 0.6) is 0 Å². The highest BCUT2D eigenvalue weighted by Crippen LogP contribution is 2.25. The van der Waals surface area contributed by atoms with Crippen molar-refractivity contribution < 1.29 is 14.4 Å². The van der Waals surface area contributed by atoms with Gasteiger partial charge in [-0.25, -0.2) is 4.98 Å². The van der Waals surface area contributed by atoms with Crippen LogP contribution < -0.4 is 5.32 Å². The van der Waals surface area contributed by atoms with Crippen molar-refractivity contribution in [3.05, 3.63) is 46.5 Å². The molecule has 3 heterocycles. The van der Waals surface area contributed by atoms with Gasteiger partial charge in [0, 0.05) is 38.0 Å². The zero-order chi connectivity index (χ0) is 21.3. The highest BCUT2D eigenvalue weighted by molar-refractivity contribution is 7.13. The van der Waals surface area contributed by atoms with E-state index in [-0.39, 0.29) is 30.7 Å². The molecule has 7 nitrogen and oxygen atoms in total. The first kappa shape index (κ1) is 20.7. The molecule has 1 fully saturated rings. The van der Waals surface area contributed by atoms with Gasteiger partial charge in [0.15, 0.2) is 5.13 Å². The van der Waals surface area contributed by atoms with Crippen LogP contribution in [0.3, 0.4) is 0 Å². The number of hydrogen-bond donors (Lipinski definition) is 1. The summed E-state index contributed by atoms with van der Waals surface area (Å²) in [7, 11) is 0. The lowest BCUT2D eigenvalue weighted by Crippen LogP contribution is -2.38. The summed E-state index contributed by atoms with van der Waals surface area (Å²) in [6.45, 7) is 7.55. The summed E-state index contributed by atoms with van der Waals surface area (Å²) >= 11 is 1.40. The molecule has 2 aliphatic heterocycles. The van der Waals surface area contributed by atoms with Gasteiger partial charge in [0.1, 0.15) is 0 Å². The Balaban J connectivity index is 1.28. The Labute approximate surface area is 180 Å². The van der Waals surface area contributed by atoms with Crippen LogP contribution in [-0.2, 0) is 11.3 Å². The van der Waals surface area contributed by atoms with Crippen LogP contribution in [-0.4, -0.2) is 52.1 Å². The summed E-state index contributed by atoms with van der Waals surface area (Å²) in [5.74, 6) is 0.435. The summed E-state index contributed by atoms with van der Waals surface area (Å²) < 4.78 is 0. The van der Waals surface area contributed by atoms with Gasteiger partial charge in [-0.15, -0.1) is 11.3 Å². The van der Waals surface area contributed by atoms with Crippen LogP contribution in [0.4, 0.5) is 5.13 Å². The summed E-state index contributed by atoms with van der Waals surface area (Å²) in [6, 6.07) is 6.73. The zero-order valence-electron chi connectivity index (χ0n) is 17.3. The van der Waals surface area contributed by atoms with Crippen LogP contribution in [0.2, 0.25) is 0 Å². The first-order valence-corrected chi connectivity index (χ1v) is 11.2. The van der Waals surface area contributed by atoms with E-state index in [1.54, 1.807) is 24.3 Å². The average Bonchev–Trinajstić information content (AvgIpc) is 3.22. The summed E-state index contributed by atoms with van der Waals surface area (Å²) in [5, 5.41) is 5.32. The minimum Gasteiger partial charge on any atom is -0.302 e.